The Bertz CT molecular complexity index is 1390. The van der Waals surface area contributed by atoms with E-state index in [-0.39, 0.29) is 5.75 Å². The van der Waals surface area contributed by atoms with Crippen LogP contribution in [0, 0.1) is 19.8 Å². The highest BCUT2D eigenvalue weighted by molar-refractivity contribution is 8.14. The van der Waals surface area contributed by atoms with Gasteiger partial charge in [-0.1, -0.05) is 48.5 Å². The molecule has 0 saturated heterocycles. The first-order valence-corrected chi connectivity index (χ1v) is 14.5. The molecule has 0 atom stereocenters. The molecule has 0 aromatic heterocycles. The minimum Gasteiger partial charge on any atom is -0.481 e. The summed E-state index contributed by atoms with van der Waals surface area (Å²) in [7, 11) is 0. The number of hydrogen-bond donors (Lipinski definition) is 1. The van der Waals surface area contributed by atoms with E-state index in [2.05, 4.69) is 37.8 Å². The molecule has 39 heavy (non-hydrogen) atoms. The number of nitrogens with zero attached hydrogens (tertiary/aromatic N) is 3. The van der Waals surface area contributed by atoms with Gasteiger partial charge < -0.3 is 14.7 Å². The molecule has 6 nitrogen and oxygen atoms in total. The summed E-state index contributed by atoms with van der Waals surface area (Å²) >= 11 is 7.25. The summed E-state index contributed by atoms with van der Waals surface area (Å²) in [5.74, 6) is 1.84. The van der Waals surface area contributed by atoms with E-state index >= 15 is 0 Å². The van der Waals surface area contributed by atoms with Crippen molar-refractivity contribution in [2.75, 3.05) is 10.7 Å². The maximum Gasteiger partial charge on any atom is 0.313 e. The van der Waals surface area contributed by atoms with E-state index in [4.69, 9.17) is 26.3 Å². The van der Waals surface area contributed by atoms with Crippen molar-refractivity contribution in [2.24, 2.45) is 15.9 Å². The molecule has 2 aliphatic rings. The molecule has 1 spiro atoms. The Morgan fingerprint density at radius 1 is 1.05 bits per heavy atom. The number of halogens is 1. The van der Waals surface area contributed by atoms with Gasteiger partial charge in [-0.2, -0.15) is 0 Å². The minimum atomic E-state index is -0.874. The number of aliphatic imine (C=N–C) groups is 2. The number of benzene rings is 3. The highest BCUT2D eigenvalue weighted by Gasteiger charge is 2.50. The van der Waals surface area contributed by atoms with Crippen LogP contribution in [0.5, 0.6) is 11.5 Å². The maximum absolute atomic E-state index is 11.6. The fraction of sp³-hybridized carbons (Fsp3) is 0.323. The number of para-hydroxylation sites is 1. The summed E-state index contributed by atoms with van der Waals surface area (Å²) < 4.78 is 6.02. The normalized spacial score (nSPS) is 21.8. The Morgan fingerprint density at radius 2 is 1.64 bits per heavy atom. The molecule has 0 unspecified atom stereocenters. The SMILES string of the molecule is Cc1cccc(C)c1N=C1N=C(SCC(=O)O)N(c2ccc(Oc3ccc(Cl)cc3)cc2)C12CCC(C)CC2. The van der Waals surface area contributed by atoms with Gasteiger partial charge >= 0.3 is 5.97 Å². The van der Waals surface area contributed by atoms with Crippen LogP contribution in [0.2, 0.25) is 5.02 Å². The summed E-state index contributed by atoms with van der Waals surface area (Å²) in [5, 5.41) is 10.8. The summed E-state index contributed by atoms with van der Waals surface area (Å²) in [6.07, 6.45) is 3.88. The van der Waals surface area contributed by atoms with Crippen LogP contribution >= 0.6 is 23.4 Å². The van der Waals surface area contributed by atoms with Gasteiger partial charge in [0.2, 0.25) is 0 Å². The number of carbonyl (C=O) groups is 1. The van der Waals surface area contributed by atoms with Crippen LogP contribution in [-0.2, 0) is 4.79 Å². The van der Waals surface area contributed by atoms with Crippen molar-refractivity contribution in [2.45, 2.75) is 52.0 Å². The molecule has 8 heteroatoms. The number of ether oxygens (including phenoxy) is 1. The topological polar surface area (TPSA) is 74.5 Å². The molecular formula is C31H32ClN3O3S. The highest BCUT2D eigenvalue weighted by Crippen LogP contribution is 2.46. The molecule has 1 aliphatic carbocycles. The number of amidine groups is 2. The quantitative estimate of drug-likeness (QED) is 0.327. The van der Waals surface area contributed by atoms with E-state index in [0.29, 0.717) is 27.6 Å². The third-order valence-corrected chi connectivity index (χ3v) is 8.64. The number of aliphatic carboxylic acids is 1. The number of aryl methyl sites for hydroxylation is 2. The molecule has 1 N–H and O–H groups in total. The van der Waals surface area contributed by atoms with Gasteiger partial charge in [0.05, 0.1) is 11.4 Å². The molecular weight excluding hydrogens is 530 g/mol. The lowest BCUT2D eigenvalue weighted by atomic mass is 9.75. The second-order valence-corrected chi connectivity index (χ2v) is 11.7. The number of rotatable bonds is 6. The fourth-order valence-corrected chi connectivity index (χ4v) is 6.25. The van der Waals surface area contributed by atoms with E-state index in [1.165, 1.54) is 11.8 Å². The lowest BCUT2D eigenvalue weighted by Crippen LogP contribution is -2.53. The minimum absolute atomic E-state index is 0.0732. The predicted octanol–water partition coefficient (Wildman–Crippen LogP) is 8.42. The summed E-state index contributed by atoms with van der Waals surface area (Å²) in [5.41, 5.74) is 3.63. The number of anilines is 1. The average molecular weight is 562 g/mol. The first-order chi connectivity index (χ1) is 18.7. The second kappa shape index (κ2) is 11.4. The molecule has 0 amide bonds. The smallest absolute Gasteiger partial charge is 0.313 e. The summed E-state index contributed by atoms with van der Waals surface area (Å²) in [6, 6.07) is 21.3. The number of thioether (sulfide) groups is 1. The first kappa shape index (κ1) is 27.3. The van der Waals surface area contributed by atoms with Crippen molar-refractivity contribution >= 4 is 51.7 Å². The van der Waals surface area contributed by atoms with Crippen LogP contribution in [0.3, 0.4) is 0 Å². The highest BCUT2D eigenvalue weighted by atomic mass is 35.5. The monoisotopic (exact) mass is 561 g/mol. The average Bonchev–Trinajstić information content (AvgIpc) is 3.21. The Kier molecular flexibility index (Phi) is 8.01. The molecule has 0 bridgehead atoms. The number of carboxylic acid groups (broad SMARTS) is 1. The van der Waals surface area contributed by atoms with E-state index in [1.807, 2.05) is 42.5 Å². The predicted molar refractivity (Wildman–Crippen MR) is 161 cm³/mol. The molecule has 3 aromatic rings. The van der Waals surface area contributed by atoms with E-state index in [1.54, 1.807) is 12.1 Å². The standard InChI is InChI=1S/C31H32ClN3O3S/c1-20-15-17-31(18-16-20)29(33-28-21(2)5-4-6-22(28)3)34-30(39-19-27(36)37)35(31)24-9-13-26(14-10-24)38-25-11-7-23(32)8-12-25/h4-14,20H,15-19H2,1-3H3,(H,36,37). The molecule has 202 valence electrons. The summed E-state index contributed by atoms with van der Waals surface area (Å²) in [4.78, 5) is 24.0. The Labute approximate surface area is 238 Å². The zero-order valence-electron chi connectivity index (χ0n) is 22.4. The molecule has 1 heterocycles. The maximum atomic E-state index is 11.6. The third-order valence-electron chi connectivity index (χ3n) is 7.46. The van der Waals surface area contributed by atoms with Crippen molar-refractivity contribution in [3.05, 3.63) is 82.9 Å². The van der Waals surface area contributed by atoms with Gasteiger partial charge in [-0.15, -0.1) is 0 Å². The van der Waals surface area contributed by atoms with Crippen LogP contribution in [0.15, 0.2) is 76.7 Å². The largest absolute Gasteiger partial charge is 0.481 e. The third kappa shape index (κ3) is 5.85. The van der Waals surface area contributed by atoms with Crippen LogP contribution in [0.1, 0.15) is 43.7 Å². The van der Waals surface area contributed by atoms with Gasteiger partial charge in [0.1, 0.15) is 17.0 Å². The van der Waals surface area contributed by atoms with Crippen LogP contribution < -0.4 is 9.64 Å². The summed E-state index contributed by atoms with van der Waals surface area (Å²) in [6.45, 7) is 6.42. The van der Waals surface area contributed by atoms with E-state index in [0.717, 1.165) is 54.0 Å². The molecule has 1 aliphatic heterocycles. The van der Waals surface area contributed by atoms with Gasteiger partial charge in [0, 0.05) is 10.7 Å². The second-order valence-electron chi connectivity index (χ2n) is 10.4. The zero-order valence-corrected chi connectivity index (χ0v) is 23.9. The van der Waals surface area contributed by atoms with Crippen molar-refractivity contribution in [3.8, 4) is 11.5 Å². The van der Waals surface area contributed by atoms with Crippen molar-refractivity contribution in [1.82, 2.24) is 0 Å². The van der Waals surface area contributed by atoms with Crippen LogP contribution in [0.4, 0.5) is 11.4 Å². The Hall–Kier alpha value is -3.29. The van der Waals surface area contributed by atoms with E-state index in [9.17, 15) is 9.90 Å². The molecule has 5 rings (SSSR count). The fourth-order valence-electron chi connectivity index (χ4n) is 5.31. The molecule has 0 radical (unpaired) electrons. The number of carboxylic acids is 1. The molecule has 3 aromatic carbocycles. The van der Waals surface area contributed by atoms with Crippen molar-refractivity contribution < 1.29 is 14.6 Å². The van der Waals surface area contributed by atoms with Crippen molar-refractivity contribution in [3.63, 3.8) is 0 Å². The Balaban J connectivity index is 1.56. The van der Waals surface area contributed by atoms with Gasteiger partial charge in [0.15, 0.2) is 11.0 Å². The van der Waals surface area contributed by atoms with Gasteiger partial charge in [-0.05, 0) is 105 Å². The van der Waals surface area contributed by atoms with Crippen LogP contribution in [-0.4, -0.2) is 33.4 Å². The van der Waals surface area contributed by atoms with Gasteiger partial charge in [-0.3, -0.25) is 4.79 Å². The van der Waals surface area contributed by atoms with Crippen molar-refractivity contribution in [1.29, 1.82) is 0 Å². The van der Waals surface area contributed by atoms with E-state index < -0.39 is 11.5 Å². The first-order valence-electron chi connectivity index (χ1n) is 13.2. The zero-order chi connectivity index (χ0) is 27.6. The van der Waals surface area contributed by atoms with Crippen LogP contribution in [0.25, 0.3) is 0 Å². The lowest BCUT2D eigenvalue weighted by molar-refractivity contribution is -0.133. The van der Waals surface area contributed by atoms with Gasteiger partial charge in [0.25, 0.3) is 0 Å². The number of hydrogen-bond acceptors (Lipinski definition) is 5. The Morgan fingerprint density at radius 3 is 2.23 bits per heavy atom. The molecule has 1 saturated carbocycles. The molecule has 1 fully saturated rings. The lowest BCUT2D eigenvalue weighted by Gasteiger charge is -2.44. The van der Waals surface area contributed by atoms with Gasteiger partial charge in [-0.25, -0.2) is 9.98 Å².